The molecular formula is C28H23IN6O4S. The number of carbonyl (C=O) groups excluding carboxylic acids is 2. The van der Waals surface area contributed by atoms with E-state index in [1.54, 1.807) is 30.3 Å². The highest BCUT2D eigenvalue weighted by Crippen LogP contribution is 2.34. The van der Waals surface area contributed by atoms with Crippen molar-refractivity contribution in [3.05, 3.63) is 97.1 Å². The van der Waals surface area contributed by atoms with Crippen molar-refractivity contribution < 1.29 is 19.1 Å². The van der Waals surface area contributed by atoms with E-state index in [1.807, 2.05) is 37.3 Å². The maximum atomic E-state index is 12.5. The average molecular weight is 667 g/mol. The second-order valence-corrected chi connectivity index (χ2v) is 10.6. The molecule has 1 aromatic heterocycles. The molecule has 0 saturated heterocycles. The Morgan fingerprint density at radius 1 is 1.15 bits per heavy atom. The maximum absolute atomic E-state index is 12.5. The Bertz CT molecular complexity index is 1610. The van der Waals surface area contributed by atoms with E-state index < -0.39 is 0 Å². The minimum atomic E-state index is -0.387. The molecule has 1 heterocycles. The number of benzene rings is 3. The summed E-state index contributed by atoms with van der Waals surface area (Å²) in [4.78, 5) is 24.8. The molecule has 2 amide bonds. The summed E-state index contributed by atoms with van der Waals surface area (Å²) in [5, 5.41) is 24.7. The van der Waals surface area contributed by atoms with Gasteiger partial charge in [0.05, 0.1) is 34.9 Å². The lowest BCUT2D eigenvalue weighted by atomic mass is 10.1. The van der Waals surface area contributed by atoms with Crippen LogP contribution in [0.15, 0.2) is 65.8 Å². The summed E-state index contributed by atoms with van der Waals surface area (Å²) in [7, 11) is 1.53. The molecule has 0 atom stereocenters. The van der Waals surface area contributed by atoms with Crippen LogP contribution in [0.3, 0.4) is 0 Å². The first-order valence-corrected chi connectivity index (χ1v) is 13.8. The fourth-order valence-electron chi connectivity index (χ4n) is 3.58. The molecule has 0 spiro atoms. The number of halogens is 1. The van der Waals surface area contributed by atoms with Crippen LogP contribution in [-0.4, -0.2) is 35.3 Å². The van der Waals surface area contributed by atoms with Crippen LogP contribution in [0, 0.1) is 21.8 Å². The van der Waals surface area contributed by atoms with E-state index >= 15 is 0 Å². The van der Waals surface area contributed by atoms with Gasteiger partial charge in [0.1, 0.15) is 11.6 Å². The largest absolute Gasteiger partial charge is 0.493 e. The molecule has 4 aromatic rings. The molecule has 10 nitrogen and oxygen atoms in total. The van der Waals surface area contributed by atoms with Crippen LogP contribution in [0.5, 0.6) is 11.5 Å². The number of amides is 2. The summed E-state index contributed by atoms with van der Waals surface area (Å²) in [5.74, 6) is 0.354. The van der Waals surface area contributed by atoms with Crippen molar-refractivity contribution in [1.82, 2.24) is 15.6 Å². The number of ether oxygens (including phenoxy) is 2. The van der Waals surface area contributed by atoms with Gasteiger partial charge < -0.3 is 9.47 Å². The normalized spacial score (nSPS) is 10.7. The molecule has 0 saturated carbocycles. The maximum Gasteiger partial charge on any atom is 0.257 e. The molecule has 202 valence electrons. The van der Waals surface area contributed by atoms with Gasteiger partial charge in [-0.15, -0.1) is 10.2 Å². The zero-order chi connectivity index (χ0) is 28.5. The average Bonchev–Trinajstić information content (AvgIpc) is 3.38. The fraction of sp³-hybridized carbons (Fsp3) is 0.143. The Labute approximate surface area is 248 Å². The number of carbonyl (C=O) groups is 2. The number of rotatable bonds is 10. The number of hydrazone groups is 1. The number of aromatic nitrogens is 2. The van der Waals surface area contributed by atoms with Gasteiger partial charge in [-0.25, -0.2) is 5.43 Å². The second-order valence-electron chi connectivity index (χ2n) is 8.33. The first-order chi connectivity index (χ1) is 19.4. The zero-order valence-electron chi connectivity index (χ0n) is 21.5. The first kappa shape index (κ1) is 28.7. The minimum absolute atomic E-state index is 0.0486. The first-order valence-electron chi connectivity index (χ1n) is 11.9. The van der Waals surface area contributed by atoms with Gasteiger partial charge in [0.25, 0.3) is 5.91 Å². The fourth-order valence-corrected chi connectivity index (χ4v) is 5.10. The number of anilines is 1. The van der Waals surface area contributed by atoms with Gasteiger partial charge in [-0.2, -0.15) is 10.4 Å². The molecular weight excluding hydrogens is 643 g/mol. The Morgan fingerprint density at radius 3 is 2.70 bits per heavy atom. The van der Waals surface area contributed by atoms with E-state index in [4.69, 9.17) is 9.47 Å². The molecule has 0 bridgehead atoms. The summed E-state index contributed by atoms with van der Waals surface area (Å²) in [6.45, 7) is 2.06. The summed E-state index contributed by atoms with van der Waals surface area (Å²) < 4.78 is 12.2. The lowest BCUT2D eigenvalue weighted by Gasteiger charge is -2.14. The SMILES string of the molecule is COc1cc(/C=N\NC(=O)Cc2nnc(NC(=O)c3ccccc3C)s2)cc(I)c1OCc1ccccc1C#N. The number of nitriles is 1. The molecule has 0 unspecified atom stereocenters. The van der Waals surface area contributed by atoms with E-state index in [0.717, 1.165) is 26.0 Å². The molecule has 2 N–H and O–H groups in total. The summed E-state index contributed by atoms with van der Waals surface area (Å²) in [5.41, 5.74) is 5.86. The predicted octanol–water partition coefficient (Wildman–Crippen LogP) is 4.86. The predicted molar refractivity (Wildman–Crippen MR) is 160 cm³/mol. The molecule has 4 rings (SSSR count). The smallest absolute Gasteiger partial charge is 0.257 e. The molecule has 3 aromatic carbocycles. The Hall–Kier alpha value is -4.35. The van der Waals surface area contributed by atoms with Crippen LogP contribution in [0.2, 0.25) is 0 Å². The number of methoxy groups -OCH3 is 1. The molecule has 0 aliphatic heterocycles. The van der Waals surface area contributed by atoms with Crippen molar-refractivity contribution in [2.45, 2.75) is 20.0 Å². The second kappa shape index (κ2) is 13.6. The Kier molecular flexibility index (Phi) is 9.76. The van der Waals surface area contributed by atoms with E-state index in [-0.39, 0.29) is 24.8 Å². The molecule has 0 aliphatic rings. The highest BCUT2D eigenvalue weighted by molar-refractivity contribution is 14.1. The van der Waals surface area contributed by atoms with Gasteiger partial charge >= 0.3 is 0 Å². The third-order valence-corrected chi connectivity index (χ3v) is 7.19. The van der Waals surface area contributed by atoms with Gasteiger partial charge in [-0.1, -0.05) is 47.7 Å². The van der Waals surface area contributed by atoms with Crippen molar-refractivity contribution in [3.8, 4) is 17.6 Å². The van der Waals surface area contributed by atoms with Gasteiger partial charge in [0.2, 0.25) is 11.0 Å². The monoisotopic (exact) mass is 666 g/mol. The van der Waals surface area contributed by atoms with Crippen LogP contribution in [0.25, 0.3) is 0 Å². The van der Waals surface area contributed by atoms with Gasteiger partial charge in [-0.05, 0) is 64.9 Å². The number of hydrogen-bond acceptors (Lipinski definition) is 9. The minimum Gasteiger partial charge on any atom is -0.493 e. The lowest BCUT2D eigenvalue weighted by molar-refractivity contribution is -0.120. The zero-order valence-corrected chi connectivity index (χ0v) is 24.4. The lowest BCUT2D eigenvalue weighted by Crippen LogP contribution is -2.19. The van der Waals surface area contributed by atoms with Gasteiger partial charge in [0.15, 0.2) is 11.5 Å². The van der Waals surface area contributed by atoms with Crippen molar-refractivity contribution in [3.63, 3.8) is 0 Å². The number of nitrogens with one attached hydrogen (secondary N) is 2. The van der Waals surface area contributed by atoms with Crippen molar-refractivity contribution in [1.29, 1.82) is 5.26 Å². The summed E-state index contributed by atoms with van der Waals surface area (Å²) in [6.07, 6.45) is 1.44. The van der Waals surface area contributed by atoms with Crippen LogP contribution in [-0.2, 0) is 17.8 Å². The Morgan fingerprint density at radius 2 is 1.93 bits per heavy atom. The molecule has 0 radical (unpaired) electrons. The van der Waals surface area contributed by atoms with Crippen molar-refractivity contribution in [2.75, 3.05) is 12.4 Å². The topological polar surface area (TPSA) is 139 Å². The van der Waals surface area contributed by atoms with E-state index in [9.17, 15) is 14.9 Å². The molecule has 0 aliphatic carbocycles. The van der Waals surface area contributed by atoms with Crippen LogP contribution >= 0.6 is 33.9 Å². The van der Waals surface area contributed by atoms with Crippen molar-refractivity contribution in [2.24, 2.45) is 5.10 Å². The number of aryl methyl sites for hydroxylation is 1. The van der Waals surface area contributed by atoms with Crippen molar-refractivity contribution >= 4 is 57.1 Å². The third-order valence-electron chi connectivity index (χ3n) is 5.55. The van der Waals surface area contributed by atoms with E-state index in [2.05, 4.69) is 54.7 Å². The van der Waals surface area contributed by atoms with E-state index in [0.29, 0.717) is 38.3 Å². The van der Waals surface area contributed by atoms with Gasteiger partial charge in [0, 0.05) is 11.1 Å². The third kappa shape index (κ3) is 7.39. The molecule has 0 fully saturated rings. The van der Waals surface area contributed by atoms with Crippen LogP contribution in [0.4, 0.5) is 5.13 Å². The summed E-state index contributed by atoms with van der Waals surface area (Å²) in [6, 6.07) is 20.2. The highest BCUT2D eigenvalue weighted by atomic mass is 127. The number of nitrogens with zero attached hydrogens (tertiary/aromatic N) is 4. The van der Waals surface area contributed by atoms with Gasteiger partial charge in [-0.3, -0.25) is 14.9 Å². The van der Waals surface area contributed by atoms with Crippen LogP contribution in [0.1, 0.15) is 37.6 Å². The standard InChI is InChI=1S/C28H23IN6O4S/c1-17-7-3-6-10-21(17)27(37)32-28-35-34-25(40-28)13-24(36)33-31-15-18-11-22(29)26(23(12-18)38-2)39-16-20-9-5-4-8-19(20)14-30/h3-12,15H,13,16H2,1-2H3,(H,33,36)(H,32,35,37)/b31-15-. The quantitative estimate of drug-likeness (QED) is 0.140. The highest BCUT2D eigenvalue weighted by Gasteiger charge is 2.15. The molecule has 40 heavy (non-hydrogen) atoms. The molecule has 12 heteroatoms. The summed E-state index contributed by atoms with van der Waals surface area (Å²) >= 11 is 3.25. The van der Waals surface area contributed by atoms with Crippen LogP contribution < -0.4 is 20.2 Å². The van der Waals surface area contributed by atoms with E-state index in [1.165, 1.54) is 13.3 Å². The Balaban J connectivity index is 1.33. The number of hydrogen-bond donors (Lipinski definition) is 2.